The minimum absolute atomic E-state index is 0.246. The Labute approximate surface area is 130 Å². The first-order valence-corrected chi connectivity index (χ1v) is 6.69. The van der Waals surface area contributed by atoms with Crippen molar-refractivity contribution in [2.45, 2.75) is 19.5 Å². The largest absolute Gasteiger partial charge is 0.573 e. The van der Waals surface area contributed by atoms with E-state index in [1.807, 2.05) is 0 Å². The van der Waals surface area contributed by atoms with Crippen LogP contribution in [-0.2, 0) is 13.1 Å². The predicted molar refractivity (Wildman–Crippen MR) is 75.5 cm³/mol. The monoisotopic (exact) mass is 328 g/mol. The fourth-order valence-corrected chi connectivity index (χ4v) is 1.85. The van der Waals surface area contributed by atoms with Gasteiger partial charge >= 0.3 is 12.4 Å². The normalized spacial score (nSPS) is 11.1. The molecule has 2 amide bonds. The fourth-order valence-electron chi connectivity index (χ4n) is 1.85. The number of rotatable bonds is 5. The highest BCUT2D eigenvalue weighted by Crippen LogP contribution is 2.22. The number of alkyl halides is 3. The number of amides is 2. The zero-order valence-corrected chi connectivity index (χ0v) is 12.3. The molecule has 124 valence electrons. The zero-order chi connectivity index (χ0) is 16.9. The molecule has 1 aromatic heterocycles. The molecular weight excluding hydrogens is 313 g/mol. The van der Waals surface area contributed by atoms with Crippen LogP contribution in [0.3, 0.4) is 0 Å². The van der Waals surface area contributed by atoms with Gasteiger partial charge in [-0.25, -0.2) is 4.79 Å². The van der Waals surface area contributed by atoms with Gasteiger partial charge in [0, 0.05) is 13.6 Å². The number of nitrogens with zero attached hydrogens (tertiary/aromatic N) is 1. The van der Waals surface area contributed by atoms with E-state index in [9.17, 15) is 18.0 Å². The number of carbonyl (C=O) groups is 1. The number of urea groups is 1. The molecule has 0 aliphatic carbocycles. The Morgan fingerprint density at radius 1 is 1.26 bits per heavy atom. The van der Waals surface area contributed by atoms with Gasteiger partial charge in [0.15, 0.2) is 0 Å². The first-order valence-electron chi connectivity index (χ1n) is 6.69. The highest BCUT2D eigenvalue weighted by molar-refractivity contribution is 5.73. The van der Waals surface area contributed by atoms with E-state index < -0.39 is 6.36 Å². The van der Waals surface area contributed by atoms with Crippen LogP contribution in [0, 0.1) is 0 Å². The molecule has 8 heteroatoms. The van der Waals surface area contributed by atoms with Crippen molar-refractivity contribution in [3.05, 3.63) is 54.0 Å². The number of hydrogen-bond acceptors (Lipinski definition) is 3. The number of nitrogens with one attached hydrogen (secondary N) is 1. The molecule has 1 heterocycles. The molecule has 0 radical (unpaired) electrons. The molecule has 1 aromatic carbocycles. The molecule has 1 N–H and O–H groups in total. The summed E-state index contributed by atoms with van der Waals surface area (Å²) in [5.74, 6) is 0.326. The molecule has 0 spiro atoms. The summed E-state index contributed by atoms with van der Waals surface area (Å²) in [5.41, 5.74) is 0.676. The fraction of sp³-hybridized carbons (Fsp3) is 0.267. The van der Waals surface area contributed by atoms with Gasteiger partial charge in [-0.1, -0.05) is 12.1 Å². The molecule has 2 rings (SSSR count). The number of ether oxygens (including phenoxy) is 1. The summed E-state index contributed by atoms with van der Waals surface area (Å²) < 4.78 is 45.1. The molecule has 23 heavy (non-hydrogen) atoms. The van der Waals surface area contributed by atoms with E-state index in [0.29, 0.717) is 11.3 Å². The molecule has 5 nitrogen and oxygen atoms in total. The van der Waals surface area contributed by atoms with E-state index in [0.717, 1.165) is 0 Å². The highest BCUT2D eigenvalue weighted by Gasteiger charge is 2.30. The molecule has 0 aliphatic heterocycles. The highest BCUT2D eigenvalue weighted by atomic mass is 19.4. The molecular formula is C15H15F3N2O3. The topological polar surface area (TPSA) is 54.7 Å². The second kappa shape index (κ2) is 7.08. The Kier molecular flexibility index (Phi) is 5.15. The standard InChI is InChI=1S/C15H15F3N2O3/c1-20(14(21)19-9-13-3-2-8-22-13)10-11-4-6-12(7-5-11)23-15(16,17)18/h2-8H,9-10H2,1H3,(H,19,21). The molecule has 0 saturated heterocycles. The summed E-state index contributed by atoms with van der Waals surface area (Å²) in [6.45, 7) is 0.505. The van der Waals surface area contributed by atoms with Crippen LogP contribution in [0.15, 0.2) is 47.1 Å². The van der Waals surface area contributed by atoms with Gasteiger partial charge in [-0.15, -0.1) is 13.2 Å². The van der Waals surface area contributed by atoms with Gasteiger partial charge < -0.3 is 19.4 Å². The first kappa shape index (κ1) is 16.7. The third-order valence-electron chi connectivity index (χ3n) is 2.92. The maximum absolute atomic E-state index is 12.1. The lowest BCUT2D eigenvalue weighted by atomic mass is 10.2. The van der Waals surface area contributed by atoms with E-state index in [1.54, 1.807) is 19.2 Å². The minimum Gasteiger partial charge on any atom is -0.467 e. The van der Waals surface area contributed by atoms with Gasteiger partial charge in [-0.3, -0.25) is 0 Å². The van der Waals surface area contributed by atoms with Crippen molar-refractivity contribution in [2.24, 2.45) is 0 Å². The van der Waals surface area contributed by atoms with Crippen LogP contribution in [0.25, 0.3) is 0 Å². The molecule has 0 fully saturated rings. The second-order valence-electron chi connectivity index (χ2n) is 4.79. The van der Waals surface area contributed by atoms with E-state index in [1.165, 1.54) is 35.4 Å². The minimum atomic E-state index is -4.72. The lowest BCUT2D eigenvalue weighted by molar-refractivity contribution is -0.274. The van der Waals surface area contributed by atoms with Crippen LogP contribution < -0.4 is 10.1 Å². The van der Waals surface area contributed by atoms with Gasteiger partial charge in [0.05, 0.1) is 12.8 Å². The van der Waals surface area contributed by atoms with Crippen molar-refractivity contribution in [1.29, 1.82) is 0 Å². The number of furan rings is 1. The average Bonchev–Trinajstić information content (AvgIpc) is 2.98. The Balaban J connectivity index is 1.84. The van der Waals surface area contributed by atoms with Crippen LogP contribution in [0.4, 0.5) is 18.0 Å². The number of benzene rings is 1. The van der Waals surface area contributed by atoms with Crippen molar-refractivity contribution in [1.82, 2.24) is 10.2 Å². The average molecular weight is 328 g/mol. The van der Waals surface area contributed by atoms with Crippen molar-refractivity contribution in [2.75, 3.05) is 7.05 Å². The van der Waals surface area contributed by atoms with E-state index in [-0.39, 0.29) is 24.9 Å². The Hall–Kier alpha value is -2.64. The van der Waals surface area contributed by atoms with Crippen molar-refractivity contribution in [3.63, 3.8) is 0 Å². The maximum Gasteiger partial charge on any atom is 0.573 e. The molecule has 0 bridgehead atoms. The second-order valence-corrected chi connectivity index (χ2v) is 4.79. The van der Waals surface area contributed by atoms with E-state index >= 15 is 0 Å². The zero-order valence-electron chi connectivity index (χ0n) is 12.3. The van der Waals surface area contributed by atoms with Crippen molar-refractivity contribution >= 4 is 6.03 Å². The number of halogens is 3. The van der Waals surface area contributed by atoms with Crippen LogP contribution in [0.2, 0.25) is 0 Å². The molecule has 0 saturated carbocycles. The predicted octanol–water partition coefficient (Wildman–Crippen LogP) is 3.52. The molecule has 0 unspecified atom stereocenters. The summed E-state index contributed by atoms with van der Waals surface area (Å²) in [7, 11) is 1.58. The Morgan fingerprint density at radius 2 is 1.96 bits per heavy atom. The van der Waals surface area contributed by atoms with E-state index in [2.05, 4.69) is 10.1 Å². The summed E-state index contributed by atoms with van der Waals surface area (Å²) in [6.07, 6.45) is -3.21. The van der Waals surface area contributed by atoms with Crippen molar-refractivity contribution < 1.29 is 27.1 Å². The summed E-state index contributed by atoms with van der Waals surface area (Å²) in [5, 5.41) is 2.67. The molecule has 2 aromatic rings. The van der Waals surface area contributed by atoms with E-state index in [4.69, 9.17) is 4.42 Å². The molecule has 0 aliphatic rings. The van der Waals surface area contributed by atoms with Crippen molar-refractivity contribution in [3.8, 4) is 5.75 Å². The van der Waals surface area contributed by atoms with Gasteiger partial charge in [0.2, 0.25) is 0 Å². The maximum atomic E-state index is 12.1. The smallest absolute Gasteiger partial charge is 0.467 e. The van der Waals surface area contributed by atoms with Crippen LogP contribution in [-0.4, -0.2) is 24.3 Å². The number of hydrogen-bond donors (Lipinski definition) is 1. The van der Waals surface area contributed by atoms with Gasteiger partial charge in [-0.05, 0) is 29.8 Å². The Bertz CT molecular complexity index is 624. The van der Waals surface area contributed by atoms with Gasteiger partial charge in [0.25, 0.3) is 0 Å². The summed E-state index contributed by atoms with van der Waals surface area (Å²) in [6, 6.07) is 8.48. The van der Waals surface area contributed by atoms with Crippen LogP contribution >= 0.6 is 0 Å². The summed E-state index contributed by atoms with van der Waals surface area (Å²) >= 11 is 0. The quantitative estimate of drug-likeness (QED) is 0.914. The SMILES string of the molecule is CN(Cc1ccc(OC(F)(F)F)cc1)C(=O)NCc1ccco1. The Morgan fingerprint density at radius 3 is 2.52 bits per heavy atom. The van der Waals surface area contributed by atoms with Crippen LogP contribution in [0.5, 0.6) is 5.75 Å². The summed E-state index contributed by atoms with van der Waals surface area (Å²) in [4.78, 5) is 13.3. The lowest BCUT2D eigenvalue weighted by Gasteiger charge is -2.18. The first-order chi connectivity index (χ1) is 10.8. The third kappa shape index (κ3) is 5.57. The third-order valence-corrected chi connectivity index (χ3v) is 2.92. The lowest BCUT2D eigenvalue weighted by Crippen LogP contribution is -2.36. The van der Waals surface area contributed by atoms with Gasteiger partial charge in [0.1, 0.15) is 11.5 Å². The molecule has 0 atom stereocenters. The van der Waals surface area contributed by atoms with Gasteiger partial charge in [-0.2, -0.15) is 0 Å². The number of carbonyl (C=O) groups excluding carboxylic acids is 1. The van der Waals surface area contributed by atoms with Crippen LogP contribution in [0.1, 0.15) is 11.3 Å².